The fourth-order valence-electron chi connectivity index (χ4n) is 2.41. The zero-order valence-corrected chi connectivity index (χ0v) is 13.3. The lowest BCUT2D eigenvalue weighted by Crippen LogP contribution is -2.24. The van der Waals surface area contributed by atoms with Gasteiger partial charge in [0.2, 0.25) is 5.95 Å². The molecule has 0 atom stereocenters. The summed E-state index contributed by atoms with van der Waals surface area (Å²) < 4.78 is 0. The molecule has 0 aliphatic rings. The molecule has 23 heavy (non-hydrogen) atoms. The molecule has 0 aliphatic carbocycles. The van der Waals surface area contributed by atoms with Gasteiger partial charge in [-0.2, -0.15) is 4.98 Å². The normalized spacial score (nSPS) is 10.5. The van der Waals surface area contributed by atoms with Gasteiger partial charge in [0.25, 0.3) is 0 Å². The van der Waals surface area contributed by atoms with E-state index < -0.39 is 0 Å². The van der Waals surface area contributed by atoms with Gasteiger partial charge in [-0.05, 0) is 11.1 Å². The Morgan fingerprint density at radius 1 is 0.870 bits per heavy atom. The maximum absolute atomic E-state index is 6.30. The van der Waals surface area contributed by atoms with Crippen LogP contribution in [0.1, 0.15) is 11.1 Å². The summed E-state index contributed by atoms with van der Waals surface area (Å²) in [7, 11) is 0. The van der Waals surface area contributed by atoms with Gasteiger partial charge in [-0.3, -0.25) is 0 Å². The first-order valence-electron chi connectivity index (χ1n) is 7.33. The predicted molar refractivity (Wildman–Crippen MR) is 94.2 cm³/mol. The Labute approximate surface area is 140 Å². The van der Waals surface area contributed by atoms with Gasteiger partial charge >= 0.3 is 0 Å². The van der Waals surface area contributed by atoms with E-state index in [0.29, 0.717) is 23.9 Å². The van der Waals surface area contributed by atoms with Gasteiger partial charge in [-0.1, -0.05) is 72.3 Å². The van der Waals surface area contributed by atoms with Crippen molar-refractivity contribution in [1.29, 1.82) is 0 Å². The lowest BCUT2D eigenvalue weighted by Gasteiger charge is -2.25. The minimum Gasteiger partial charge on any atom is -0.368 e. The van der Waals surface area contributed by atoms with Gasteiger partial charge < -0.3 is 10.6 Å². The fourth-order valence-corrected chi connectivity index (χ4v) is 2.62. The Hall–Kier alpha value is -2.59. The van der Waals surface area contributed by atoms with Crippen molar-refractivity contribution in [2.75, 3.05) is 10.6 Å². The van der Waals surface area contributed by atoms with Crippen molar-refractivity contribution in [1.82, 2.24) is 9.97 Å². The highest BCUT2D eigenvalue weighted by molar-refractivity contribution is 6.32. The summed E-state index contributed by atoms with van der Waals surface area (Å²) in [6.45, 7) is 1.37. The average Bonchev–Trinajstić information content (AvgIpc) is 2.58. The van der Waals surface area contributed by atoms with E-state index in [1.54, 1.807) is 6.20 Å². The summed E-state index contributed by atoms with van der Waals surface area (Å²) in [6.07, 6.45) is 1.54. The van der Waals surface area contributed by atoms with Crippen LogP contribution < -0.4 is 10.6 Å². The second-order valence-corrected chi connectivity index (χ2v) is 5.63. The standard InChI is InChI=1S/C18H17ClN4/c19-16-11-21-18(20)22-17(16)23(12-14-7-3-1-4-8-14)13-15-9-5-2-6-10-15/h1-11H,12-13H2,(H2,20,21,22). The van der Waals surface area contributed by atoms with Crippen LogP contribution in [-0.4, -0.2) is 9.97 Å². The Kier molecular flexibility index (Phi) is 4.74. The Balaban J connectivity index is 1.94. The Bertz CT molecular complexity index is 721. The number of benzene rings is 2. The Morgan fingerprint density at radius 3 is 1.91 bits per heavy atom. The molecule has 3 aromatic rings. The van der Waals surface area contributed by atoms with Crippen molar-refractivity contribution in [3.05, 3.63) is 83.0 Å². The molecule has 5 heteroatoms. The van der Waals surface area contributed by atoms with Gasteiger partial charge in [0.1, 0.15) is 5.02 Å². The molecule has 1 heterocycles. The van der Waals surface area contributed by atoms with Crippen molar-refractivity contribution in [3.63, 3.8) is 0 Å². The summed E-state index contributed by atoms with van der Waals surface area (Å²) in [4.78, 5) is 10.4. The maximum Gasteiger partial charge on any atom is 0.222 e. The molecule has 0 bridgehead atoms. The van der Waals surface area contributed by atoms with E-state index in [9.17, 15) is 0 Å². The molecule has 1 aromatic heterocycles. The minimum absolute atomic E-state index is 0.218. The number of hydrogen-bond donors (Lipinski definition) is 1. The molecule has 116 valence electrons. The highest BCUT2D eigenvalue weighted by atomic mass is 35.5. The average molecular weight is 325 g/mol. The first-order chi connectivity index (χ1) is 11.2. The number of rotatable bonds is 5. The van der Waals surface area contributed by atoms with Crippen molar-refractivity contribution >= 4 is 23.4 Å². The number of halogens is 1. The third kappa shape index (κ3) is 3.99. The van der Waals surface area contributed by atoms with Crippen LogP contribution in [-0.2, 0) is 13.1 Å². The summed E-state index contributed by atoms with van der Waals surface area (Å²) in [5, 5.41) is 0.492. The number of hydrogen-bond acceptors (Lipinski definition) is 4. The van der Waals surface area contributed by atoms with Gasteiger partial charge in [0, 0.05) is 13.1 Å². The van der Waals surface area contributed by atoms with E-state index in [-0.39, 0.29) is 5.95 Å². The van der Waals surface area contributed by atoms with Crippen molar-refractivity contribution < 1.29 is 0 Å². The number of anilines is 2. The number of nitrogens with two attached hydrogens (primary N) is 1. The van der Waals surface area contributed by atoms with Crippen molar-refractivity contribution in [2.24, 2.45) is 0 Å². The SMILES string of the molecule is Nc1ncc(Cl)c(N(Cc2ccccc2)Cc2ccccc2)n1. The van der Waals surface area contributed by atoms with E-state index in [0.717, 1.165) is 0 Å². The van der Waals surface area contributed by atoms with E-state index >= 15 is 0 Å². The van der Waals surface area contributed by atoms with E-state index in [2.05, 4.69) is 39.1 Å². The van der Waals surface area contributed by atoms with Crippen LogP contribution in [0, 0.1) is 0 Å². The molecule has 0 aliphatic heterocycles. The molecular formula is C18H17ClN4. The number of nitrogen functional groups attached to an aromatic ring is 1. The second-order valence-electron chi connectivity index (χ2n) is 5.23. The molecular weight excluding hydrogens is 308 g/mol. The molecule has 2 aromatic carbocycles. The molecule has 4 nitrogen and oxygen atoms in total. The molecule has 0 fully saturated rings. The molecule has 0 radical (unpaired) electrons. The van der Waals surface area contributed by atoms with Gasteiger partial charge in [-0.15, -0.1) is 0 Å². The van der Waals surface area contributed by atoms with Crippen LogP contribution in [0.2, 0.25) is 5.02 Å². The smallest absolute Gasteiger partial charge is 0.222 e. The first-order valence-corrected chi connectivity index (χ1v) is 7.71. The van der Waals surface area contributed by atoms with Gasteiger partial charge in [0.05, 0.1) is 6.20 Å². The highest BCUT2D eigenvalue weighted by Crippen LogP contribution is 2.26. The van der Waals surface area contributed by atoms with Crippen LogP contribution in [0.25, 0.3) is 0 Å². The maximum atomic E-state index is 6.30. The van der Waals surface area contributed by atoms with Crippen LogP contribution in [0.5, 0.6) is 0 Å². The summed E-state index contributed by atoms with van der Waals surface area (Å²) >= 11 is 6.30. The van der Waals surface area contributed by atoms with Gasteiger partial charge in [0.15, 0.2) is 5.82 Å². The Morgan fingerprint density at radius 2 is 1.39 bits per heavy atom. The number of nitrogens with zero attached hydrogens (tertiary/aromatic N) is 3. The molecule has 3 rings (SSSR count). The molecule has 0 unspecified atom stereocenters. The largest absolute Gasteiger partial charge is 0.368 e. The topological polar surface area (TPSA) is 55.0 Å². The molecule has 0 saturated heterocycles. The minimum atomic E-state index is 0.218. The van der Waals surface area contributed by atoms with Crippen LogP contribution >= 0.6 is 11.6 Å². The van der Waals surface area contributed by atoms with E-state index in [1.807, 2.05) is 36.4 Å². The summed E-state index contributed by atoms with van der Waals surface area (Å²) in [5.41, 5.74) is 8.10. The lowest BCUT2D eigenvalue weighted by molar-refractivity contribution is 0.782. The van der Waals surface area contributed by atoms with E-state index in [1.165, 1.54) is 11.1 Å². The van der Waals surface area contributed by atoms with Crippen LogP contribution in [0.3, 0.4) is 0 Å². The zero-order chi connectivity index (χ0) is 16.1. The number of aromatic nitrogens is 2. The molecule has 0 amide bonds. The monoisotopic (exact) mass is 324 g/mol. The van der Waals surface area contributed by atoms with Crippen LogP contribution in [0.4, 0.5) is 11.8 Å². The third-order valence-corrected chi connectivity index (χ3v) is 3.74. The van der Waals surface area contributed by atoms with E-state index in [4.69, 9.17) is 17.3 Å². The summed E-state index contributed by atoms with van der Waals surface area (Å²) in [5.74, 6) is 0.863. The highest BCUT2D eigenvalue weighted by Gasteiger charge is 2.14. The van der Waals surface area contributed by atoms with Crippen LogP contribution in [0.15, 0.2) is 66.9 Å². The van der Waals surface area contributed by atoms with Crippen molar-refractivity contribution in [3.8, 4) is 0 Å². The first kappa shape index (κ1) is 15.3. The quantitative estimate of drug-likeness (QED) is 0.773. The molecule has 0 saturated carbocycles. The second kappa shape index (κ2) is 7.11. The predicted octanol–water partition coefficient (Wildman–Crippen LogP) is 3.92. The van der Waals surface area contributed by atoms with Gasteiger partial charge in [-0.25, -0.2) is 4.98 Å². The third-order valence-electron chi connectivity index (χ3n) is 3.48. The molecule has 0 spiro atoms. The van der Waals surface area contributed by atoms with Crippen molar-refractivity contribution in [2.45, 2.75) is 13.1 Å². The molecule has 2 N–H and O–H groups in total. The fraction of sp³-hybridized carbons (Fsp3) is 0.111. The zero-order valence-electron chi connectivity index (χ0n) is 12.6. The summed E-state index contributed by atoms with van der Waals surface area (Å²) in [6, 6.07) is 20.4. The lowest BCUT2D eigenvalue weighted by atomic mass is 10.1.